The number of aromatic nitrogens is 4. The Morgan fingerprint density at radius 3 is 2.88 bits per heavy atom. The van der Waals surface area contributed by atoms with Gasteiger partial charge in [0.2, 0.25) is 0 Å². The molecular formula is C16H13N7OS. The Morgan fingerprint density at radius 2 is 2.20 bits per heavy atom. The summed E-state index contributed by atoms with van der Waals surface area (Å²) in [6, 6.07) is 5.68. The highest BCUT2D eigenvalue weighted by Crippen LogP contribution is 2.27. The molecule has 3 aromatic rings. The zero-order valence-corrected chi connectivity index (χ0v) is 14.3. The zero-order valence-electron chi connectivity index (χ0n) is 13.5. The minimum absolute atomic E-state index is 0.0227. The summed E-state index contributed by atoms with van der Waals surface area (Å²) in [6.45, 7) is 3.71. The topological polar surface area (TPSA) is 123 Å². The standard InChI is InChI=1S/C16H13N7OS/c1-9-13(25-15(21-9)11-4-3-5-19-7-11)10(2)23-24-16-20-8-12(6-17)14(18)22-16/h3-5,7-8H,1-2H3,(H2,18,20,22)/b23-10+. The second kappa shape index (κ2) is 7.02. The van der Waals surface area contributed by atoms with E-state index in [1.165, 1.54) is 17.5 Å². The molecule has 9 heteroatoms. The number of hydrogen-bond acceptors (Lipinski definition) is 9. The monoisotopic (exact) mass is 351 g/mol. The second-order valence-electron chi connectivity index (χ2n) is 5.01. The first-order valence-electron chi connectivity index (χ1n) is 7.21. The number of hydrogen-bond donors (Lipinski definition) is 1. The van der Waals surface area contributed by atoms with E-state index in [0.717, 1.165) is 21.1 Å². The molecule has 0 amide bonds. The van der Waals surface area contributed by atoms with E-state index < -0.39 is 0 Å². The molecule has 8 nitrogen and oxygen atoms in total. The van der Waals surface area contributed by atoms with Gasteiger partial charge in [-0.15, -0.1) is 11.3 Å². The maximum atomic E-state index is 8.81. The van der Waals surface area contributed by atoms with E-state index in [1.807, 2.05) is 25.1 Å². The average molecular weight is 351 g/mol. The SMILES string of the molecule is C/C(=N\Oc1ncc(C#N)c(N)n1)c1sc(-c2cccnc2)nc1C. The minimum Gasteiger partial charge on any atom is -0.382 e. The number of anilines is 1. The van der Waals surface area contributed by atoms with Crippen LogP contribution in [0.4, 0.5) is 5.82 Å². The lowest BCUT2D eigenvalue weighted by Crippen LogP contribution is -2.02. The van der Waals surface area contributed by atoms with E-state index in [9.17, 15) is 0 Å². The lowest BCUT2D eigenvalue weighted by molar-refractivity contribution is 0.313. The number of pyridine rings is 1. The molecule has 0 aliphatic heterocycles. The van der Waals surface area contributed by atoms with Crippen molar-refractivity contribution in [1.29, 1.82) is 5.26 Å². The van der Waals surface area contributed by atoms with Crippen LogP contribution in [0, 0.1) is 18.3 Å². The summed E-state index contributed by atoms with van der Waals surface area (Å²) in [5.74, 6) is 0.0492. The number of nitrogen functional groups attached to an aromatic ring is 1. The van der Waals surface area contributed by atoms with Gasteiger partial charge in [0.25, 0.3) is 0 Å². The molecular weight excluding hydrogens is 338 g/mol. The molecule has 3 aromatic heterocycles. The summed E-state index contributed by atoms with van der Waals surface area (Å²) < 4.78 is 0. The second-order valence-corrected chi connectivity index (χ2v) is 6.01. The number of nitrogens with zero attached hydrogens (tertiary/aromatic N) is 6. The van der Waals surface area contributed by atoms with E-state index >= 15 is 0 Å². The Morgan fingerprint density at radius 1 is 1.36 bits per heavy atom. The van der Waals surface area contributed by atoms with Crippen LogP contribution in [0.3, 0.4) is 0 Å². The van der Waals surface area contributed by atoms with Gasteiger partial charge in [-0.2, -0.15) is 10.2 Å². The van der Waals surface area contributed by atoms with E-state index in [4.69, 9.17) is 15.8 Å². The number of oxime groups is 1. The number of nitrogens with two attached hydrogens (primary N) is 1. The minimum atomic E-state index is -0.0227. The van der Waals surface area contributed by atoms with Crippen LogP contribution in [0.2, 0.25) is 0 Å². The van der Waals surface area contributed by atoms with Crippen molar-refractivity contribution in [3.8, 4) is 22.7 Å². The van der Waals surface area contributed by atoms with Crippen molar-refractivity contribution in [2.75, 3.05) is 5.73 Å². The Balaban J connectivity index is 1.82. The number of rotatable bonds is 4. The van der Waals surface area contributed by atoms with Crippen LogP contribution in [0.1, 0.15) is 23.1 Å². The van der Waals surface area contributed by atoms with Crippen LogP contribution in [0.25, 0.3) is 10.6 Å². The molecule has 0 aliphatic rings. The van der Waals surface area contributed by atoms with Gasteiger partial charge in [-0.1, -0.05) is 5.16 Å². The normalized spacial score (nSPS) is 11.2. The molecule has 124 valence electrons. The molecule has 0 saturated heterocycles. The van der Waals surface area contributed by atoms with Crippen molar-refractivity contribution in [3.05, 3.63) is 46.9 Å². The lowest BCUT2D eigenvalue weighted by Gasteiger charge is -2.00. The Kier molecular flexibility index (Phi) is 4.63. The van der Waals surface area contributed by atoms with E-state index in [0.29, 0.717) is 5.71 Å². The molecule has 0 atom stereocenters. The number of nitriles is 1. The largest absolute Gasteiger partial charge is 0.382 e. The fraction of sp³-hybridized carbons (Fsp3) is 0.125. The molecule has 0 fully saturated rings. The molecule has 0 aromatic carbocycles. The van der Waals surface area contributed by atoms with Crippen LogP contribution in [0.5, 0.6) is 6.01 Å². The molecule has 3 rings (SSSR count). The average Bonchev–Trinajstić information content (AvgIpc) is 3.02. The van der Waals surface area contributed by atoms with Crippen LogP contribution < -0.4 is 10.6 Å². The van der Waals surface area contributed by atoms with Crippen molar-refractivity contribution in [3.63, 3.8) is 0 Å². The van der Waals surface area contributed by atoms with Crippen molar-refractivity contribution < 1.29 is 4.84 Å². The molecule has 0 spiro atoms. The van der Waals surface area contributed by atoms with Crippen molar-refractivity contribution in [2.24, 2.45) is 5.16 Å². The van der Waals surface area contributed by atoms with E-state index in [2.05, 4.69) is 25.1 Å². The smallest absolute Gasteiger partial charge is 0.347 e. The Bertz CT molecular complexity index is 976. The summed E-state index contributed by atoms with van der Waals surface area (Å²) in [5, 5.41) is 13.7. The maximum Gasteiger partial charge on any atom is 0.347 e. The van der Waals surface area contributed by atoms with Gasteiger partial charge >= 0.3 is 6.01 Å². The molecule has 0 saturated carbocycles. The molecule has 0 unspecified atom stereocenters. The summed E-state index contributed by atoms with van der Waals surface area (Å²) in [6.07, 6.45) is 4.77. The first kappa shape index (κ1) is 16.5. The third kappa shape index (κ3) is 3.59. The van der Waals surface area contributed by atoms with Gasteiger partial charge < -0.3 is 10.6 Å². The number of thiazole rings is 1. The predicted molar refractivity (Wildman–Crippen MR) is 94.1 cm³/mol. The molecule has 0 radical (unpaired) electrons. The van der Waals surface area contributed by atoms with Crippen LogP contribution in [-0.4, -0.2) is 25.6 Å². The highest BCUT2D eigenvalue weighted by atomic mass is 32.1. The summed E-state index contributed by atoms with van der Waals surface area (Å²) in [5.41, 5.74) is 8.23. The molecule has 25 heavy (non-hydrogen) atoms. The highest BCUT2D eigenvalue weighted by molar-refractivity contribution is 7.17. The van der Waals surface area contributed by atoms with Crippen molar-refractivity contribution in [2.45, 2.75) is 13.8 Å². The van der Waals surface area contributed by atoms with Gasteiger partial charge in [0, 0.05) is 18.0 Å². The van der Waals surface area contributed by atoms with E-state index in [-0.39, 0.29) is 17.4 Å². The predicted octanol–water partition coefficient (Wildman–Crippen LogP) is 2.56. The molecule has 0 aliphatic carbocycles. The van der Waals surface area contributed by atoms with Crippen molar-refractivity contribution >= 4 is 22.9 Å². The van der Waals surface area contributed by atoms with Gasteiger partial charge in [-0.25, -0.2) is 9.97 Å². The van der Waals surface area contributed by atoms with Crippen LogP contribution in [0.15, 0.2) is 35.9 Å². The van der Waals surface area contributed by atoms with E-state index in [1.54, 1.807) is 19.3 Å². The maximum absolute atomic E-state index is 8.81. The fourth-order valence-corrected chi connectivity index (χ4v) is 3.00. The van der Waals surface area contributed by atoms with Gasteiger partial charge in [0.1, 0.15) is 22.5 Å². The van der Waals surface area contributed by atoms with Gasteiger partial charge in [-0.3, -0.25) is 4.98 Å². The third-order valence-corrected chi connectivity index (χ3v) is 4.53. The third-order valence-electron chi connectivity index (χ3n) is 3.21. The zero-order chi connectivity index (χ0) is 17.8. The van der Waals surface area contributed by atoms with Gasteiger partial charge in [0.05, 0.1) is 22.5 Å². The van der Waals surface area contributed by atoms with Gasteiger partial charge in [-0.05, 0) is 26.0 Å². The van der Waals surface area contributed by atoms with Crippen LogP contribution in [-0.2, 0) is 0 Å². The van der Waals surface area contributed by atoms with Crippen molar-refractivity contribution in [1.82, 2.24) is 19.9 Å². The Hall–Kier alpha value is -3.38. The molecule has 3 heterocycles. The lowest BCUT2D eigenvalue weighted by atomic mass is 10.3. The first-order chi connectivity index (χ1) is 12.1. The van der Waals surface area contributed by atoms with Gasteiger partial charge in [0.15, 0.2) is 0 Å². The molecule has 0 bridgehead atoms. The summed E-state index contributed by atoms with van der Waals surface area (Å²) in [7, 11) is 0. The van der Waals surface area contributed by atoms with Crippen LogP contribution >= 0.6 is 11.3 Å². The fourth-order valence-electron chi connectivity index (χ4n) is 2.00. The quantitative estimate of drug-likeness (QED) is 0.566. The first-order valence-corrected chi connectivity index (χ1v) is 8.02. The molecule has 2 N–H and O–H groups in total. The summed E-state index contributed by atoms with van der Waals surface area (Å²) >= 11 is 1.49. The summed E-state index contributed by atoms with van der Waals surface area (Å²) in [4.78, 5) is 22.5. The highest BCUT2D eigenvalue weighted by Gasteiger charge is 2.13. The number of aryl methyl sites for hydroxylation is 1. The Labute approximate surface area is 147 Å².